The molecule has 0 unspecified atom stereocenters. The van der Waals surface area contributed by atoms with Crippen molar-refractivity contribution in [2.24, 2.45) is 0 Å². The lowest BCUT2D eigenvalue weighted by Gasteiger charge is -2.14. The van der Waals surface area contributed by atoms with Crippen LogP contribution in [0.15, 0.2) is 54.7 Å². The van der Waals surface area contributed by atoms with E-state index >= 15 is 0 Å². The van der Waals surface area contributed by atoms with Crippen LogP contribution in [0.3, 0.4) is 0 Å². The first-order valence-corrected chi connectivity index (χ1v) is 10.8. The fourth-order valence-corrected chi connectivity index (χ4v) is 3.65. The molecule has 0 atom stereocenters. The predicted octanol–water partition coefficient (Wildman–Crippen LogP) is 4.59. The van der Waals surface area contributed by atoms with Crippen molar-refractivity contribution >= 4 is 44.7 Å². The number of hydrogen-bond donors (Lipinski definition) is 2. The predicted molar refractivity (Wildman–Crippen MR) is 113 cm³/mol. The molecule has 28 heavy (non-hydrogen) atoms. The Morgan fingerprint density at radius 1 is 1.11 bits per heavy atom. The Labute approximate surface area is 173 Å². The van der Waals surface area contributed by atoms with Gasteiger partial charge in [-0.15, -0.1) is 0 Å². The molecule has 3 N–H and O–H groups in total. The highest BCUT2D eigenvalue weighted by Crippen LogP contribution is 2.33. The molecule has 0 saturated carbocycles. The van der Waals surface area contributed by atoms with Crippen molar-refractivity contribution in [1.29, 1.82) is 0 Å². The summed E-state index contributed by atoms with van der Waals surface area (Å²) in [5, 5.41) is 0.968. The number of nitrogens with one attached hydrogen (secondary N) is 1. The molecule has 0 radical (unpaired) electrons. The van der Waals surface area contributed by atoms with Crippen molar-refractivity contribution in [1.82, 2.24) is 4.98 Å². The van der Waals surface area contributed by atoms with Crippen LogP contribution >= 0.6 is 23.2 Å². The number of rotatable bonds is 6. The smallest absolute Gasteiger partial charge is 0.229 e. The van der Waals surface area contributed by atoms with Crippen LogP contribution in [0.4, 0.5) is 11.5 Å². The van der Waals surface area contributed by atoms with Crippen LogP contribution in [-0.2, 0) is 16.6 Å². The van der Waals surface area contributed by atoms with Crippen LogP contribution in [0.5, 0.6) is 5.75 Å². The highest BCUT2D eigenvalue weighted by atomic mass is 35.5. The van der Waals surface area contributed by atoms with Gasteiger partial charge in [0.2, 0.25) is 10.0 Å². The number of sulfonamides is 1. The highest BCUT2D eigenvalue weighted by molar-refractivity contribution is 7.92. The number of nitrogen functional groups attached to an aromatic ring is 1. The number of pyridine rings is 1. The number of benzene rings is 2. The standard InChI is InChI=1S/C19H17Cl2N3O3S/c1-28(25,26)24-17-8-3-2-5-13(17)12-9-18(19(22)23-10-12)27-11-14-15(20)6-4-7-16(14)21/h2-10,24H,11H2,1H3,(H2,22,23). The van der Waals surface area contributed by atoms with E-state index < -0.39 is 10.0 Å². The van der Waals surface area contributed by atoms with Crippen LogP contribution in [-0.4, -0.2) is 19.7 Å². The number of nitrogens with zero attached hydrogens (tertiary/aromatic N) is 1. The zero-order chi connectivity index (χ0) is 20.3. The Bertz CT molecular complexity index is 1100. The van der Waals surface area contributed by atoms with Gasteiger partial charge in [0.15, 0.2) is 11.6 Å². The normalized spacial score (nSPS) is 11.2. The van der Waals surface area contributed by atoms with Gasteiger partial charge in [-0.2, -0.15) is 0 Å². The van der Waals surface area contributed by atoms with Crippen LogP contribution in [0.1, 0.15) is 5.56 Å². The summed E-state index contributed by atoms with van der Waals surface area (Å²) in [6.07, 6.45) is 2.64. The topological polar surface area (TPSA) is 94.3 Å². The first kappa shape index (κ1) is 20.3. The molecule has 1 aromatic heterocycles. The van der Waals surface area contributed by atoms with E-state index in [-0.39, 0.29) is 12.4 Å². The fourth-order valence-electron chi connectivity index (χ4n) is 2.56. The number of ether oxygens (including phenoxy) is 1. The monoisotopic (exact) mass is 437 g/mol. The number of anilines is 2. The zero-order valence-corrected chi connectivity index (χ0v) is 17.1. The van der Waals surface area contributed by atoms with Gasteiger partial charge >= 0.3 is 0 Å². The second kappa shape index (κ2) is 8.26. The molecule has 0 aliphatic carbocycles. The van der Waals surface area contributed by atoms with Crippen LogP contribution in [0, 0.1) is 0 Å². The van der Waals surface area contributed by atoms with Gasteiger partial charge in [-0.05, 0) is 24.3 Å². The summed E-state index contributed by atoms with van der Waals surface area (Å²) in [5.74, 6) is 0.531. The average molecular weight is 438 g/mol. The third kappa shape index (κ3) is 4.86. The molecule has 146 valence electrons. The molecule has 0 amide bonds. The van der Waals surface area contributed by atoms with E-state index in [0.717, 1.165) is 6.26 Å². The number of para-hydroxylation sites is 1. The van der Waals surface area contributed by atoms with Gasteiger partial charge in [-0.3, -0.25) is 4.72 Å². The minimum atomic E-state index is -3.44. The van der Waals surface area contributed by atoms with Crippen molar-refractivity contribution < 1.29 is 13.2 Å². The Balaban J connectivity index is 1.93. The van der Waals surface area contributed by atoms with E-state index in [0.29, 0.717) is 38.2 Å². The summed E-state index contributed by atoms with van der Waals surface area (Å²) in [5.41, 5.74) is 8.28. The third-order valence-corrected chi connectivity index (χ3v) is 5.15. The summed E-state index contributed by atoms with van der Waals surface area (Å²) in [7, 11) is -3.44. The lowest BCUT2D eigenvalue weighted by Crippen LogP contribution is -2.10. The van der Waals surface area contributed by atoms with E-state index in [4.69, 9.17) is 33.7 Å². The SMILES string of the molecule is CS(=O)(=O)Nc1ccccc1-c1cnc(N)c(OCc2c(Cl)cccc2Cl)c1. The number of nitrogens with two attached hydrogens (primary N) is 1. The first-order valence-electron chi connectivity index (χ1n) is 8.13. The van der Waals surface area contributed by atoms with Gasteiger partial charge < -0.3 is 10.5 Å². The van der Waals surface area contributed by atoms with Crippen molar-refractivity contribution in [3.8, 4) is 16.9 Å². The maximum atomic E-state index is 11.6. The largest absolute Gasteiger partial charge is 0.485 e. The van der Waals surface area contributed by atoms with E-state index in [1.807, 2.05) is 0 Å². The molecule has 0 spiro atoms. The van der Waals surface area contributed by atoms with E-state index in [2.05, 4.69) is 9.71 Å². The van der Waals surface area contributed by atoms with Gasteiger partial charge in [0.25, 0.3) is 0 Å². The Kier molecular flexibility index (Phi) is 5.98. The summed E-state index contributed by atoms with van der Waals surface area (Å²) in [4.78, 5) is 4.16. The lowest BCUT2D eigenvalue weighted by molar-refractivity contribution is 0.307. The van der Waals surface area contributed by atoms with Crippen molar-refractivity contribution in [2.75, 3.05) is 16.7 Å². The molecule has 2 aromatic carbocycles. The van der Waals surface area contributed by atoms with Gasteiger partial charge in [0.05, 0.1) is 11.9 Å². The second-order valence-electron chi connectivity index (χ2n) is 6.02. The molecule has 0 aliphatic heterocycles. The molecule has 3 rings (SSSR count). The second-order valence-corrected chi connectivity index (χ2v) is 8.58. The van der Waals surface area contributed by atoms with Crippen molar-refractivity contribution in [3.05, 3.63) is 70.3 Å². The summed E-state index contributed by atoms with van der Waals surface area (Å²) < 4.78 is 31.5. The third-order valence-electron chi connectivity index (χ3n) is 3.85. The summed E-state index contributed by atoms with van der Waals surface area (Å²) >= 11 is 12.3. The van der Waals surface area contributed by atoms with Gasteiger partial charge in [-0.1, -0.05) is 47.5 Å². The fraction of sp³-hybridized carbons (Fsp3) is 0.105. The molecule has 0 fully saturated rings. The van der Waals surface area contributed by atoms with Gasteiger partial charge in [-0.25, -0.2) is 13.4 Å². The van der Waals surface area contributed by atoms with Crippen LogP contribution < -0.4 is 15.2 Å². The number of halogens is 2. The quantitative estimate of drug-likeness (QED) is 0.587. The molecule has 9 heteroatoms. The number of hydrogen-bond acceptors (Lipinski definition) is 5. The van der Waals surface area contributed by atoms with Crippen LogP contribution in [0.25, 0.3) is 11.1 Å². The Hall–Kier alpha value is -2.48. The zero-order valence-electron chi connectivity index (χ0n) is 14.8. The molecule has 0 bridgehead atoms. The average Bonchev–Trinajstić information content (AvgIpc) is 2.62. The number of aromatic nitrogens is 1. The van der Waals surface area contributed by atoms with E-state index in [1.165, 1.54) is 0 Å². The molecule has 3 aromatic rings. The molecule has 0 aliphatic rings. The minimum absolute atomic E-state index is 0.108. The van der Waals surface area contributed by atoms with Gasteiger partial charge in [0.1, 0.15) is 6.61 Å². The van der Waals surface area contributed by atoms with E-state index in [9.17, 15) is 8.42 Å². The van der Waals surface area contributed by atoms with Gasteiger partial charge in [0, 0.05) is 32.9 Å². The van der Waals surface area contributed by atoms with E-state index in [1.54, 1.807) is 54.7 Å². The molecule has 6 nitrogen and oxygen atoms in total. The maximum Gasteiger partial charge on any atom is 0.229 e. The molecule has 0 saturated heterocycles. The minimum Gasteiger partial charge on any atom is -0.485 e. The summed E-state index contributed by atoms with van der Waals surface area (Å²) in [6.45, 7) is 0.108. The summed E-state index contributed by atoms with van der Waals surface area (Å²) in [6, 6.07) is 13.8. The molecule has 1 heterocycles. The first-order chi connectivity index (χ1) is 13.2. The Morgan fingerprint density at radius 2 is 1.79 bits per heavy atom. The molecular weight excluding hydrogens is 421 g/mol. The van der Waals surface area contributed by atoms with Crippen molar-refractivity contribution in [3.63, 3.8) is 0 Å². The maximum absolute atomic E-state index is 11.6. The lowest BCUT2D eigenvalue weighted by atomic mass is 10.1. The molecular formula is C19H17Cl2N3O3S. The van der Waals surface area contributed by atoms with Crippen molar-refractivity contribution in [2.45, 2.75) is 6.61 Å². The van der Waals surface area contributed by atoms with Crippen LogP contribution in [0.2, 0.25) is 10.0 Å². The highest BCUT2D eigenvalue weighted by Gasteiger charge is 2.13. The Morgan fingerprint density at radius 3 is 2.46 bits per heavy atom.